The Morgan fingerprint density at radius 3 is 2.75 bits per heavy atom. The van der Waals surface area contributed by atoms with Gasteiger partial charge in [0.05, 0.1) is 6.61 Å². The van der Waals surface area contributed by atoms with Gasteiger partial charge in [-0.1, -0.05) is 18.2 Å². The van der Waals surface area contributed by atoms with Crippen molar-refractivity contribution in [1.82, 2.24) is 0 Å². The number of aliphatic hydroxyl groups is 1. The van der Waals surface area contributed by atoms with E-state index in [0.29, 0.717) is 18.1 Å². The van der Waals surface area contributed by atoms with Crippen molar-refractivity contribution in [2.75, 3.05) is 13.4 Å². The van der Waals surface area contributed by atoms with Crippen molar-refractivity contribution in [3.05, 3.63) is 53.6 Å². The molecule has 20 heavy (non-hydrogen) atoms. The van der Waals surface area contributed by atoms with E-state index in [2.05, 4.69) is 0 Å². The van der Waals surface area contributed by atoms with Crippen LogP contribution in [0.2, 0.25) is 0 Å². The molecule has 4 nitrogen and oxygen atoms in total. The summed E-state index contributed by atoms with van der Waals surface area (Å²) in [6.07, 6.45) is -0.718. The van der Waals surface area contributed by atoms with Crippen LogP contribution in [0.4, 0.5) is 0 Å². The lowest BCUT2D eigenvalue weighted by Gasteiger charge is -2.13. The molecule has 0 spiro atoms. The van der Waals surface area contributed by atoms with Gasteiger partial charge in [-0.05, 0) is 42.3 Å². The molecule has 2 aromatic carbocycles. The van der Waals surface area contributed by atoms with Crippen molar-refractivity contribution >= 4 is 0 Å². The van der Waals surface area contributed by atoms with Crippen molar-refractivity contribution in [2.24, 2.45) is 0 Å². The molecule has 1 aliphatic heterocycles. The molecule has 1 unspecified atom stereocenters. The van der Waals surface area contributed by atoms with E-state index < -0.39 is 6.10 Å². The zero-order valence-electron chi connectivity index (χ0n) is 11.2. The van der Waals surface area contributed by atoms with Crippen LogP contribution in [0.25, 0.3) is 0 Å². The smallest absolute Gasteiger partial charge is 0.231 e. The van der Waals surface area contributed by atoms with E-state index in [1.807, 2.05) is 43.3 Å². The van der Waals surface area contributed by atoms with Gasteiger partial charge < -0.3 is 19.3 Å². The summed E-state index contributed by atoms with van der Waals surface area (Å²) in [6.45, 7) is 2.76. The van der Waals surface area contributed by atoms with Gasteiger partial charge in [0.25, 0.3) is 0 Å². The van der Waals surface area contributed by atoms with Crippen molar-refractivity contribution < 1.29 is 19.3 Å². The van der Waals surface area contributed by atoms with E-state index in [9.17, 15) is 5.11 Å². The monoisotopic (exact) mass is 272 g/mol. The number of hydrogen-bond acceptors (Lipinski definition) is 4. The molecule has 1 aliphatic rings. The normalized spacial score (nSPS) is 14.1. The minimum Gasteiger partial charge on any atom is -0.494 e. The largest absolute Gasteiger partial charge is 0.494 e. The summed E-state index contributed by atoms with van der Waals surface area (Å²) in [7, 11) is 0. The summed E-state index contributed by atoms with van der Waals surface area (Å²) >= 11 is 0. The Balaban J connectivity index is 1.88. The number of aliphatic hydroxyl groups excluding tert-OH is 1. The second-order valence-corrected chi connectivity index (χ2v) is 4.52. The number of fused-ring (bicyclic) bond motifs is 1. The minimum atomic E-state index is -0.718. The number of rotatable bonds is 4. The average molecular weight is 272 g/mol. The first-order valence-corrected chi connectivity index (χ1v) is 6.58. The van der Waals surface area contributed by atoms with Crippen LogP contribution in [0.3, 0.4) is 0 Å². The predicted octanol–water partition coefficient (Wildman–Crippen LogP) is 2.90. The fourth-order valence-electron chi connectivity index (χ4n) is 2.22. The van der Waals surface area contributed by atoms with Crippen LogP contribution in [-0.4, -0.2) is 18.5 Å². The van der Waals surface area contributed by atoms with Crippen molar-refractivity contribution in [2.45, 2.75) is 13.0 Å². The molecular weight excluding hydrogens is 256 g/mol. The lowest BCUT2D eigenvalue weighted by Crippen LogP contribution is -2.00. The van der Waals surface area contributed by atoms with Crippen LogP contribution in [-0.2, 0) is 0 Å². The Hall–Kier alpha value is -2.20. The van der Waals surface area contributed by atoms with Gasteiger partial charge in [0, 0.05) is 0 Å². The molecule has 3 rings (SSSR count). The Bertz CT molecular complexity index is 609. The SMILES string of the molecule is CCOc1cccc(C(O)c2ccc3c(c2)OCO3)c1. The fourth-order valence-corrected chi connectivity index (χ4v) is 2.22. The highest BCUT2D eigenvalue weighted by Gasteiger charge is 2.17. The van der Waals surface area contributed by atoms with Gasteiger partial charge in [-0.25, -0.2) is 0 Å². The van der Waals surface area contributed by atoms with Crippen LogP contribution in [0, 0.1) is 0 Å². The summed E-state index contributed by atoms with van der Waals surface area (Å²) in [5, 5.41) is 10.5. The summed E-state index contributed by atoms with van der Waals surface area (Å²) in [5.41, 5.74) is 1.55. The molecule has 1 N–H and O–H groups in total. The molecular formula is C16H16O4. The van der Waals surface area contributed by atoms with E-state index in [0.717, 1.165) is 16.9 Å². The molecule has 0 radical (unpaired) electrons. The number of hydrogen-bond donors (Lipinski definition) is 1. The maximum Gasteiger partial charge on any atom is 0.231 e. The summed E-state index contributed by atoms with van der Waals surface area (Å²) in [4.78, 5) is 0. The first-order chi connectivity index (χ1) is 9.78. The third kappa shape index (κ3) is 2.42. The van der Waals surface area contributed by atoms with Gasteiger partial charge in [0.1, 0.15) is 11.9 Å². The van der Waals surface area contributed by atoms with Crippen molar-refractivity contribution in [1.29, 1.82) is 0 Å². The van der Waals surface area contributed by atoms with E-state index in [1.54, 1.807) is 6.07 Å². The molecule has 1 heterocycles. The Kier molecular flexibility index (Phi) is 3.48. The first kappa shape index (κ1) is 12.8. The van der Waals surface area contributed by atoms with Crippen LogP contribution in [0.5, 0.6) is 17.2 Å². The molecule has 0 bridgehead atoms. The van der Waals surface area contributed by atoms with Gasteiger partial charge in [-0.15, -0.1) is 0 Å². The van der Waals surface area contributed by atoms with Crippen molar-refractivity contribution in [3.8, 4) is 17.2 Å². The third-order valence-corrected chi connectivity index (χ3v) is 3.20. The molecule has 0 aliphatic carbocycles. The van der Waals surface area contributed by atoms with E-state index >= 15 is 0 Å². The standard InChI is InChI=1S/C16H16O4/c1-2-18-13-5-3-4-11(8-13)16(17)12-6-7-14-15(9-12)20-10-19-14/h3-9,16-17H,2,10H2,1H3. The van der Waals surface area contributed by atoms with E-state index in [1.165, 1.54) is 0 Å². The van der Waals surface area contributed by atoms with Gasteiger partial charge in [0.15, 0.2) is 11.5 Å². The van der Waals surface area contributed by atoms with Crippen LogP contribution >= 0.6 is 0 Å². The molecule has 0 saturated carbocycles. The molecule has 0 amide bonds. The van der Waals surface area contributed by atoms with Gasteiger partial charge in [-0.3, -0.25) is 0 Å². The highest BCUT2D eigenvalue weighted by molar-refractivity contribution is 5.47. The molecule has 0 saturated heterocycles. The summed E-state index contributed by atoms with van der Waals surface area (Å²) in [6, 6.07) is 12.9. The average Bonchev–Trinajstić information content (AvgIpc) is 2.94. The van der Waals surface area contributed by atoms with Crippen LogP contribution in [0.1, 0.15) is 24.2 Å². The van der Waals surface area contributed by atoms with Gasteiger partial charge in [-0.2, -0.15) is 0 Å². The molecule has 1 atom stereocenters. The van der Waals surface area contributed by atoms with Crippen LogP contribution < -0.4 is 14.2 Å². The number of ether oxygens (including phenoxy) is 3. The third-order valence-electron chi connectivity index (χ3n) is 3.20. The van der Waals surface area contributed by atoms with Gasteiger partial charge >= 0.3 is 0 Å². The zero-order valence-corrected chi connectivity index (χ0v) is 11.2. The Morgan fingerprint density at radius 1 is 1.10 bits per heavy atom. The summed E-state index contributed by atoms with van der Waals surface area (Å²) in [5.74, 6) is 2.14. The zero-order chi connectivity index (χ0) is 13.9. The summed E-state index contributed by atoms with van der Waals surface area (Å²) < 4.78 is 16.0. The van der Waals surface area contributed by atoms with Crippen LogP contribution in [0.15, 0.2) is 42.5 Å². The Morgan fingerprint density at radius 2 is 1.90 bits per heavy atom. The molecule has 4 heteroatoms. The Labute approximate surface area is 117 Å². The highest BCUT2D eigenvalue weighted by Crippen LogP contribution is 2.35. The maximum absolute atomic E-state index is 10.5. The predicted molar refractivity (Wildman–Crippen MR) is 74.2 cm³/mol. The minimum absolute atomic E-state index is 0.231. The molecule has 104 valence electrons. The topological polar surface area (TPSA) is 47.9 Å². The lowest BCUT2D eigenvalue weighted by atomic mass is 10.0. The van der Waals surface area contributed by atoms with E-state index in [-0.39, 0.29) is 6.79 Å². The maximum atomic E-state index is 10.5. The van der Waals surface area contributed by atoms with E-state index in [4.69, 9.17) is 14.2 Å². The number of benzene rings is 2. The highest BCUT2D eigenvalue weighted by atomic mass is 16.7. The molecule has 0 aromatic heterocycles. The van der Waals surface area contributed by atoms with Crippen molar-refractivity contribution in [3.63, 3.8) is 0 Å². The molecule has 0 fully saturated rings. The second kappa shape index (κ2) is 5.43. The lowest BCUT2D eigenvalue weighted by molar-refractivity contribution is 0.173. The molecule has 2 aromatic rings. The second-order valence-electron chi connectivity index (χ2n) is 4.52. The quantitative estimate of drug-likeness (QED) is 0.929. The van der Waals surface area contributed by atoms with Gasteiger partial charge in [0.2, 0.25) is 6.79 Å². The first-order valence-electron chi connectivity index (χ1n) is 6.58. The fraction of sp³-hybridized carbons (Fsp3) is 0.250.